The molecule has 0 amide bonds. The lowest BCUT2D eigenvalue weighted by Crippen LogP contribution is -2.08. The van der Waals surface area contributed by atoms with Crippen LogP contribution in [0.3, 0.4) is 0 Å². The van der Waals surface area contributed by atoms with Crippen molar-refractivity contribution in [1.82, 2.24) is 0 Å². The van der Waals surface area contributed by atoms with Crippen LogP contribution >= 0.6 is 0 Å². The van der Waals surface area contributed by atoms with Gasteiger partial charge in [-0.3, -0.25) is 4.79 Å². The van der Waals surface area contributed by atoms with Crippen LogP contribution < -0.4 is 15.1 Å². The Bertz CT molecular complexity index is 713. The molecule has 0 unspecified atom stereocenters. The van der Waals surface area contributed by atoms with Gasteiger partial charge in [0, 0.05) is 13.0 Å². The molecule has 0 bridgehead atoms. The molecular weight excluding hydrogens is 264 g/mol. The van der Waals surface area contributed by atoms with Gasteiger partial charge in [0.25, 0.3) is 0 Å². The maximum absolute atomic E-state index is 11.5. The minimum absolute atomic E-state index is 0.0378. The van der Waals surface area contributed by atoms with Crippen LogP contribution in [-0.4, -0.2) is 17.2 Å². The third-order valence-electron chi connectivity index (χ3n) is 2.43. The zero-order chi connectivity index (χ0) is 14.9. The maximum atomic E-state index is 11.5. The van der Waals surface area contributed by atoms with Crippen LogP contribution in [0.25, 0.3) is 11.0 Å². The number of carbonyl (C=O) groups is 1. The van der Waals surface area contributed by atoms with Gasteiger partial charge in [-0.25, -0.2) is 4.79 Å². The largest absolute Gasteiger partial charge is 0.499 e. The summed E-state index contributed by atoms with van der Waals surface area (Å²) in [6.45, 7) is 4.90. The summed E-state index contributed by atoms with van der Waals surface area (Å²) in [6, 6.07) is 4.69. The van der Waals surface area contributed by atoms with E-state index in [1.807, 2.05) is 13.8 Å². The Morgan fingerprint density at radius 2 is 2.05 bits per heavy atom. The summed E-state index contributed by atoms with van der Waals surface area (Å²) in [5.74, 6) is -1.07. The Hall–Kier alpha value is -2.50. The average Bonchev–Trinajstić information content (AvgIpc) is 2.33. The number of benzene rings is 1. The number of carbonyl (C=O) groups excluding carboxylic acids is 1. The fourth-order valence-electron chi connectivity index (χ4n) is 1.74. The lowest BCUT2D eigenvalue weighted by atomic mass is 10.2. The minimum atomic E-state index is -0.976. The Kier molecular flexibility index (Phi) is 3.65. The van der Waals surface area contributed by atoms with E-state index < -0.39 is 17.3 Å². The summed E-state index contributed by atoms with van der Waals surface area (Å²) in [6.07, 6.45) is -0.0378. The average molecular weight is 278 g/mol. The molecule has 20 heavy (non-hydrogen) atoms. The second kappa shape index (κ2) is 5.24. The van der Waals surface area contributed by atoms with Crippen molar-refractivity contribution in [3.63, 3.8) is 0 Å². The van der Waals surface area contributed by atoms with Crippen molar-refractivity contribution < 1.29 is 23.8 Å². The van der Waals surface area contributed by atoms with Gasteiger partial charge in [0.15, 0.2) is 5.75 Å². The highest BCUT2D eigenvalue weighted by Crippen LogP contribution is 2.33. The summed E-state index contributed by atoms with van der Waals surface area (Å²) in [5, 5.41) is 9.96. The van der Waals surface area contributed by atoms with Crippen LogP contribution in [0.4, 0.5) is 0 Å². The maximum Gasteiger partial charge on any atom is 0.382 e. The topological polar surface area (TPSA) is 86.0 Å². The quantitative estimate of drug-likeness (QED) is 0.684. The molecule has 1 aromatic heterocycles. The molecule has 0 atom stereocenters. The van der Waals surface area contributed by atoms with Gasteiger partial charge in [0.05, 0.1) is 11.5 Å². The first-order valence-electron chi connectivity index (χ1n) is 6.03. The molecule has 0 aliphatic carbocycles. The van der Waals surface area contributed by atoms with Crippen LogP contribution in [0.5, 0.6) is 17.2 Å². The second-order valence-corrected chi connectivity index (χ2v) is 4.49. The van der Waals surface area contributed by atoms with E-state index in [-0.39, 0.29) is 17.4 Å². The van der Waals surface area contributed by atoms with Crippen molar-refractivity contribution in [3.8, 4) is 17.2 Å². The molecule has 106 valence electrons. The monoisotopic (exact) mass is 278 g/mol. The Morgan fingerprint density at radius 1 is 1.35 bits per heavy atom. The molecule has 1 aromatic carbocycles. The van der Waals surface area contributed by atoms with E-state index in [0.29, 0.717) is 11.1 Å². The van der Waals surface area contributed by atoms with E-state index in [0.717, 1.165) is 0 Å². The zero-order valence-electron chi connectivity index (χ0n) is 11.3. The number of hydrogen-bond acceptors (Lipinski definition) is 6. The second-order valence-electron chi connectivity index (χ2n) is 4.49. The van der Waals surface area contributed by atoms with Gasteiger partial charge in [-0.2, -0.15) is 0 Å². The van der Waals surface area contributed by atoms with Gasteiger partial charge in [-0.05, 0) is 26.0 Å². The first-order valence-corrected chi connectivity index (χ1v) is 6.03. The Balaban J connectivity index is 2.63. The van der Waals surface area contributed by atoms with Gasteiger partial charge >= 0.3 is 11.6 Å². The number of hydrogen-bond donors (Lipinski definition) is 1. The summed E-state index contributed by atoms with van der Waals surface area (Å²) in [7, 11) is 0. The Morgan fingerprint density at radius 3 is 2.65 bits per heavy atom. The smallest absolute Gasteiger partial charge is 0.382 e. The highest BCUT2D eigenvalue weighted by Gasteiger charge is 2.17. The zero-order valence-corrected chi connectivity index (χ0v) is 11.3. The fraction of sp³-hybridized carbons (Fsp3) is 0.286. The van der Waals surface area contributed by atoms with Crippen LogP contribution in [0.1, 0.15) is 20.8 Å². The third-order valence-corrected chi connectivity index (χ3v) is 2.43. The summed E-state index contributed by atoms with van der Waals surface area (Å²) in [4.78, 5) is 22.6. The van der Waals surface area contributed by atoms with Crippen molar-refractivity contribution in [1.29, 1.82) is 0 Å². The molecule has 0 spiro atoms. The molecule has 6 heteroatoms. The van der Waals surface area contributed by atoms with Crippen molar-refractivity contribution >= 4 is 16.9 Å². The lowest BCUT2D eigenvalue weighted by molar-refractivity contribution is -0.131. The van der Waals surface area contributed by atoms with Crippen LogP contribution in [0.2, 0.25) is 0 Å². The van der Waals surface area contributed by atoms with E-state index in [4.69, 9.17) is 13.9 Å². The minimum Gasteiger partial charge on any atom is -0.499 e. The fourth-order valence-corrected chi connectivity index (χ4v) is 1.74. The van der Waals surface area contributed by atoms with Crippen molar-refractivity contribution in [2.45, 2.75) is 26.9 Å². The van der Waals surface area contributed by atoms with E-state index in [2.05, 4.69) is 0 Å². The molecule has 0 aliphatic heterocycles. The van der Waals surface area contributed by atoms with E-state index in [1.165, 1.54) is 13.0 Å². The number of aromatic hydroxyl groups is 1. The number of rotatable bonds is 3. The van der Waals surface area contributed by atoms with E-state index in [1.54, 1.807) is 12.1 Å². The molecule has 1 heterocycles. The van der Waals surface area contributed by atoms with Gasteiger partial charge < -0.3 is 19.0 Å². The lowest BCUT2D eigenvalue weighted by Gasteiger charge is -2.11. The molecule has 0 fully saturated rings. The normalized spacial score (nSPS) is 10.8. The molecule has 6 nitrogen and oxygen atoms in total. The van der Waals surface area contributed by atoms with Crippen molar-refractivity contribution in [3.05, 3.63) is 28.6 Å². The van der Waals surface area contributed by atoms with Gasteiger partial charge in [0.2, 0.25) is 5.75 Å². The van der Waals surface area contributed by atoms with Crippen LogP contribution in [-0.2, 0) is 4.79 Å². The number of esters is 1. The molecular formula is C14H14O6. The van der Waals surface area contributed by atoms with Gasteiger partial charge in [-0.1, -0.05) is 0 Å². The molecule has 0 radical (unpaired) electrons. The summed E-state index contributed by atoms with van der Waals surface area (Å²) >= 11 is 0. The third kappa shape index (κ3) is 2.74. The molecule has 0 aliphatic rings. The van der Waals surface area contributed by atoms with Crippen molar-refractivity contribution in [2.24, 2.45) is 0 Å². The standard InChI is InChI=1S/C14H14O6/c1-7(2)18-9-4-5-10-11(6-9)20-14(17)12(16)13(10)19-8(3)15/h4-7,16H,1-3H3. The Labute approximate surface area is 114 Å². The number of ether oxygens (including phenoxy) is 2. The predicted octanol–water partition coefficient (Wildman–Crippen LogP) is 2.21. The molecule has 0 saturated carbocycles. The van der Waals surface area contributed by atoms with Gasteiger partial charge in [0.1, 0.15) is 11.3 Å². The first-order chi connectivity index (χ1) is 9.38. The highest BCUT2D eigenvalue weighted by atomic mass is 16.5. The molecule has 2 aromatic rings. The van der Waals surface area contributed by atoms with Crippen molar-refractivity contribution in [2.75, 3.05) is 0 Å². The summed E-state index contributed by atoms with van der Waals surface area (Å²) < 4.78 is 15.3. The van der Waals surface area contributed by atoms with Gasteiger partial charge in [-0.15, -0.1) is 0 Å². The van der Waals surface area contributed by atoms with E-state index >= 15 is 0 Å². The first kappa shape index (κ1) is 13.9. The van der Waals surface area contributed by atoms with Crippen LogP contribution in [0.15, 0.2) is 27.4 Å². The molecule has 1 N–H and O–H groups in total. The van der Waals surface area contributed by atoms with E-state index in [9.17, 15) is 14.7 Å². The SMILES string of the molecule is CC(=O)Oc1c(O)c(=O)oc2cc(OC(C)C)ccc12. The predicted molar refractivity (Wildman–Crippen MR) is 71.2 cm³/mol. The van der Waals surface area contributed by atoms with Crippen LogP contribution in [0, 0.1) is 0 Å². The number of fused-ring (bicyclic) bond motifs is 1. The molecule has 0 saturated heterocycles. The summed E-state index contributed by atoms with van der Waals surface area (Å²) in [5.41, 5.74) is -0.808. The highest BCUT2D eigenvalue weighted by molar-refractivity contribution is 5.89. The molecule has 2 rings (SSSR count).